The highest BCUT2D eigenvalue weighted by molar-refractivity contribution is 14.1. The third kappa shape index (κ3) is 1.84. The largest absolute Gasteiger partial charge is 0.496 e. The Balaban J connectivity index is 3.13. The fourth-order valence-electron chi connectivity index (χ4n) is 0.928. The van der Waals surface area contributed by atoms with Gasteiger partial charge in [0.1, 0.15) is 5.75 Å². The summed E-state index contributed by atoms with van der Waals surface area (Å²) in [6.07, 6.45) is 0. The Morgan fingerprint density at radius 3 is 2.73 bits per heavy atom. The van der Waals surface area contributed by atoms with Gasteiger partial charge in [-0.25, -0.2) is 0 Å². The number of methoxy groups -OCH3 is 1. The van der Waals surface area contributed by atoms with E-state index in [1.54, 1.807) is 7.11 Å². The first-order valence-electron chi connectivity index (χ1n) is 3.31. The van der Waals surface area contributed by atoms with Crippen LogP contribution in [0.3, 0.4) is 0 Å². The molecule has 0 aliphatic carbocycles. The second-order valence-corrected chi connectivity index (χ2v) is 3.29. The molecular formula is C8H10INO. The van der Waals surface area contributed by atoms with Crippen LogP contribution in [0.4, 0.5) is 0 Å². The van der Waals surface area contributed by atoms with E-state index in [4.69, 9.17) is 10.5 Å². The van der Waals surface area contributed by atoms with Crippen LogP contribution >= 0.6 is 22.6 Å². The lowest BCUT2D eigenvalue weighted by Gasteiger charge is -2.07. The van der Waals surface area contributed by atoms with Gasteiger partial charge in [-0.2, -0.15) is 0 Å². The maximum absolute atomic E-state index is 5.54. The van der Waals surface area contributed by atoms with E-state index in [0.29, 0.717) is 6.54 Å². The molecule has 0 amide bonds. The Labute approximate surface area is 79.9 Å². The summed E-state index contributed by atoms with van der Waals surface area (Å²) in [6, 6.07) is 5.90. The third-order valence-corrected chi connectivity index (χ3v) is 2.51. The van der Waals surface area contributed by atoms with Crippen molar-refractivity contribution in [1.29, 1.82) is 0 Å². The zero-order valence-electron chi connectivity index (χ0n) is 6.30. The van der Waals surface area contributed by atoms with Crippen LogP contribution in [-0.2, 0) is 6.54 Å². The Hall–Kier alpha value is -0.290. The van der Waals surface area contributed by atoms with E-state index in [-0.39, 0.29) is 0 Å². The summed E-state index contributed by atoms with van der Waals surface area (Å²) in [5.74, 6) is 0.874. The number of ether oxygens (including phenoxy) is 1. The van der Waals surface area contributed by atoms with Gasteiger partial charge in [-0.3, -0.25) is 0 Å². The molecule has 2 N–H and O–H groups in total. The monoisotopic (exact) mass is 263 g/mol. The lowest BCUT2D eigenvalue weighted by atomic mass is 10.2. The fourth-order valence-corrected chi connectivity index (χ4v) is 1.62. The van der Waals surface area contributed by atoms with Crippen molar-refractivity contribution in [3.8, 4) is 5.75 Å². The Morgan fingerprint density at radius 2 is 2.27 bits per heavy atom. The van der Waals surface area contributed by atoms with Crippen LogP contribution in [0.25, 0.3) is 0 Å². The van der Waals surface area contributed by atoms with Crippen molar-refractivity contribution in [3.05, 3.63) is 27.3 Å². The average Bonchev–Trinajstić information content (AvgIpc) is 2.04. The van der Waals surface area contributed by atoms with Crippen molar-refractivity contribution in [2.45, 2.75) is 6.54 Å². The van der Waals surface area contributed by atoms with E-state index in [1.165, 1.54) is 0 Å². The van der Waals surface area contributed by atoms with Gasteiger partial charge in [0.05, 0.1) is 7.11 Å². The van der Waals surface area contributed by atoms with Crippen molar-refractivity contribution in [2.75, 3.05) is 7.11 Å². The minimum absolute atomic E-state index is 0.530. The highest BCUT2D eigenvalue weighted by Crippen LogP contribution is 2.22. The van der Waals surface area contributed by atoms with Gasteiger partial charge >= 0.3 is 0 Å². The van der Waals surface area contributed by atoms with Crippen molar-refractivity contribution in [3.63, 3.8) is 0 Å². The molecule has 11 heavy (non-hydrogen) atoms. The molecule has 1 rings (SSSR count). The molecule has 0 atom stereocenters. The summed E-state index contributed by atoms with van der Waals surface area (Å²) in [6.45, 7) is 0.530. The van der Waals surface area contributed by atoms with Crippen molar-refractivity contribution in [2.24, 2.45) is 5.73 Å². The van der Waals surface area contributed by atoms with Crippen LogP contribution in [-0.4, -0.2) is 7.11 Å². The summed E-state index contributed by atoms with van der Waals surface area (Å²) in [7, 11) is 1.66. The van der Waals surface area contributed by atoms with Crippen LogP contribution in [0.2, 0.25) is 0 Å². The molecule has 0 unspecified atom stereocenters. The first kappa shape index (κ1) is 8.80. The van der Waals surface area contributed by atoms with E-state index >= 15 is 0 Å². The average molecular weight is 263 g/mol. The maximum Gasteiger partial charge on any atom is 0.124 e. The van der Waals surface area contributed by atoms with Crippen molar-refractivity contribution in [1.82, 2.24) is 0 Å². The molecule has 0 fully saturated rings. The lowest BCUT2D eigenvalue weighted by Crippen LogP contribution is -2.01. The third-order valence-electron chi connectivity index (χ3n) is 1.50. The first-order valence-corrected chi connectivity index (χ1v) is 4.39. The molecule has 0 saturated heterocycles. The molecule has 2 nitrogen and oxygen atoms in total. The van der Waals surface area contributed by atoms with E-state index in [2.05, 4.69) is 22.6 Å². The summed E-state index contributed by atoms with van der Waals surface area (Å²) in [5, 5.41) is 0. The second kappa shape index (κ2) is 3.92. The predicted octanol–water partition coefficient (Wildman–Crippen LogP) is 1.76. The molecule has 0 heterocycles. The van der Waals surface area contributed by atoms with Crippen molar-refractivity contribution >= 4 is 22.6 Å². The zero-order valence-corrected chi connectivity index (χ0v) is 8.46. The summed E-state index contributed by atoms with van der Waals surface area (Å²) in [4.78, 5) is 0. The minimum Gasteiger partial charge on any atom is -0.496 e. The van der Waals surface area contributed by atoms with E-state index in [9.17, 15) is 0 Å². The summed E-state index contributed by atoms with van der Waals surface area (Å²) >= 11 is 2.25. The molecular weight excluding hydrogens is 253 g/mol. The molecule has 0 bridgehead atoms. The maximum atomic E-state index is 5.54. The second-order valence-electron chi connectivity index (χ2n) is 2.12. The zero-order chi connectivity index (χ0) is 8.27. The van der Waals surface area contributed by atoms with Gasteiger partial charge < -0.3 is 10.5 Å². The lowest BCUT2D eigenvalue weighted by molar-refractivity contribution is 0.409. The van der Waals surface area contributed by atoms with Gasteiger partial charge in [0, 0.05) is 15.7 Å². The number of hydrogen-bond donors (Lipinski definition) is 1. The Kier molecular flexibility index (Phi) is 3.14. The number of halogens is 1. The van der Waals surface area contributed by atoms with Crippen LogP contribution < -0.4 is 10.5 Å². The van der Waals surface area contributed by atoms with Gasteiger partial charge in [0.2, 0.25) is 0 Å². The van der Waals surface area contributed by atoms with E-state index in [1.807, 2.05) is 18.2 Å². The predicted molar refractivity (Wildman–Crippen MR) is 53.6 cm³/mol. The molecule has 3 heteroatoms. The molecule has 0 aliphatic rings. The highest BCUT2D eigenvalue weighted by Gasteiger charge is 2.03. The normalized spacial score (nSPS) is 9.73. The molecule has 0 saturated carbocycles. The summed E-state index contributed by atoms with van der Waals surface area (Å²) in [5.41, 5.74) is 6.62. The Morgan fingerprint density at radius 1 is 1.55 bits per heavy atom. The summed E-state index contributed by atoms with van der Waals surface area (Å²) < 4.78 is 6.29. The standard InChI is InChI=1S/C8H10INO/c1-11-8-4-2-3-7(9)6(8)5-10/h2-4H,5,10H2,1H3. The van der Waals surface area contributed by atoms with Gasteiger partial charge in [-0.1, -0.05) is 6.07 Å². The molecule has 0 aliphatic heterocycles. The van der Waals surface area contributed by atoms with Crippen molar-refractivity contribution < 1.29 is 4.74 Å². The van der Waals surface area contributed by atoms with Crippen LogP contribution in [0.15, 0.2) is 18.2 Å². The molecule has 60 valence electrons. The molecule has 0 spiro atoms. The number of rotatable bonds is 2. The topological polar surface area (TPSA) is 35.2 Å². The number of benzene rings is 1. The van der Waals surface area contributed by atoms with Crippen LogP contribution in [0.1, 0.15) is 5.56 Å². The van der Waals surface area contributed by atoms with Gasteiger partial charge in [-0.15, -0.1) is 0 Å². The minimum atomic E-state index is 0.530. The van der Waals surface area contributed by atoms with Gasteiger partial charge in [0.15, 0.2) is 0 Å². The molecule has 1 aromatic rings. The van der Waals surface area contributed by atoms with Gasteiger partial charge in [0.25, 0.3) is 0 Å². The highest BCUT2D eigenvalue weighted by atomic mass is 127. The first-order chi connectivity index (χ1) is 5.29. The van der Waals surface area contributed by atoms with Gasteiger partial charge in [-0.05, 0) is 34.7 Å². The smallest absolute Gasteiger partial charge is 0.124 e. The quantitative estimate of drug-likeness (QED) is 0.825. The molecule has 0 radical (unpaired) electrons. The SMILES string of the molecule is COc1cccc(I)c1CN. The molecule has 0 aromatic heterocycles. The van der Waals surface area contributed by atoms with Crippen LogP contribution in [0, 0.1) is 3.57 Å². The van der Waals surface area contributed by atoms with Crippen LogP contribution in [0.5, 0.6) is 5.75 Å². The molecule has 1 aromatic carbocycles. The fraction of sp³-hybridized carbons (Fsp3) is 0.250. The van der Waals surface area contributed by atoms with E-state index in [0.717, 1.165) is 14.9 Å². The Bertz CT molecular complexity index is 250. The van der Waals surface area contributed by atoms with E-state index < -0.39 is 0 Å². The number of nitrogens with two attached hydrogens (primary N) is 1. The number of hydrogen-bond acceptors (Lipinski definition) is 2.